The number of benzene rings is 6. The number of pyridine rings is 2. The first-order valence-corrected chi connectivity index (χ1v) is 19.7. The van der Waals surface area contributed by atoms with E-state index in [1.54, 1.807) is 22.7 Å². The molecule has 10 rings (SSSR count). The number of fused-ring (bicyclic) bond motifs is 4. The van der Waals surface area contributed by atoms with Crippen LogP contribution in [0.5, 0.6) is 0 Å². The van der Waals surface area contributed by atoms with Gasteiger partial charge in [0.05, 0.1) is 31.2 Å². The molecule has 6 aromatic carbocycles. The Labute approximate surface area is 321 Å². The highest BCUT2D eigenvalue weighted by atomic mass is 32.1. The van der Waals surface area contributed by atoms with Gasteiger partial charge in [0.1, 0.15) is 0 Å². The van der Waals surface area contributed by atoms with E-state index in [0.717, 1.165) is 43.7 Å². The number of aryl methyl sites for hydroxylation is 4. The van der Waals surface area contributed by atoms with Crippen LogP contribution in [0.3, 0.4) is 0 Å². The van der Waals surface area contributed by atoms with Gasteiger partial charge in [0.25, 0.3) is 0 Å². The maximum atomic E-state index is 4.80. The topological polar surface area (TPSA) is 51.6 Å². The van der Waals surface area contributed by atoms with Crippen LogP contribution in [0.4, 0.5) is 0 Å². The van der Waals surface area contributed by atoms with Gasteiger partial charge in [-0.3, -0.25) is 9.97 Å². The molecule has 10 aromatic rings. The van der Waals surface area contributed by atoms with Crippen molar-refractivity contribution in [1.29, 1.82) is 0 Å². The maximum absolute atomic E-state index is 4.80. The minimum Gasteiger partial charge on any atom is -0.263 e. The second-order valence-corrected chi connectivity index (χ2v) is 16.3. The number of hydrogen-bond donors (Lipinski definition) is 0. The maximum Gasteiger partial charge on any atom is 0.0903 e. The average Bonchev–Trinajstić information content (AvgIpc) is 3.73. The zero-order valence-corrected chi connectivity index (χ0v) is 31.9. The predicted octanol–water partition coefficient (Wildman–Crippen LogP) is 13.6. The summed E-state index contributed by atoms with van der Waals surface area (Å²) in [7, 11) is 0. The third kappa shape index (κ3) is 5.17. The Morgan fingerprint density at radius 1 is 0.352 bits per heavy atom. The molecule has 0 bridgehead atoms. The molecule has 4 aromatic heterocycles. The average molecular weight is 731 g/mol. The van der Waals surface area contributed by atoms with Crippen molar-refractivity contribution in [2.24, 2.45) is 0 Å². The molecule has 0 fully saturated rings. The van der Waals surface area contributed by atoms with Crippen molar-refractivity contribution in [3.8, 4) is 54.3 Å². The molecule has 0 amide bonds. The summed E-state index contributed by atoms with van der Waals surface area (Å²) in [4.78, 5) is 21.4. The smallest absolute Gasteiger partial charge is 0.0903 e. The lowest BCUT2D eigenvalue weighted by Gasteiger charge is -2.22. The minimum absolute atomic E-state index is 1.04. The quantitative estimate of drug-likeness (QED) is 0.165. The van der Waals surface area contributed by atoms with Gasteiger partial charge in [-0.15, -0.1) is 22.7 Å². The SMILES string of the molecule is Cc1nc(C)c(-c2cncc(-c3c4ccccc4c(-c4c5ccccc5c(-c5cncc(-c6sc(C)nc6C)c5)c5ccccc45)c4ccccc34)c2)s1. The van der Waals surface area contributed by atoms with Gasteiger partial charge < -0.3 is 0 Å². The fraction of sp³-hybridized carbons (Fsp3) is 0.0833. The van der Waals surface area contributed by atoms with Crippen molar-refractivity contribution < 1.29 is 0 Å². The molecule has 4 heterocycles. The van der Waals surface area contributed by atoms with Crippen molar-refractivity contribution in [3.05, 3.63) is 155 Å². The van der Waals surface area contributed by atoms with E-state index in [9.17, 15) is 0 Å². The van der Waals surface area contributed by atoms with E-state index in [1.165, 1.54) is 75.1 Å². The summed E-state index contributed by atoms with van der Waals surface area (Å²) in [6, 6.07) is 40.1. The number of aromatic nitrogens is 4. The van der Waals surface area contributed by atoms with E-state index < -0.39 is 0 Å². The van der Waals surface area contributed by atoms with Crippen LogP contribution in [0.2, 0.25) is 0 Å². The molecule has 0 saturated carbocycles. The monoisotopic (exact) mass is 730 g/mol. The van der Waals surface area contributed by atoms with Crippen LogP contribution in [-0.4, -0.2) is 19.9 Å². The van der Waals surface area contributed by atoms with Gasteiger partial charge in [-0.1, -0.05) is 97.1 Å². The minimum atomic E-state index is 1.04. The standard InChI is InChI=1S/C48H34N4S2/c1-27-47(53-29(3)51-27)33-21-31(23-49-25-33)43-35-13-5-9-17-39(35)45(40-18-10-6-14-36(40)43)46-41-19-11-7-15-37(41)44(38-16-8-12-20-42(38)46)32-22-34(26-50-24-32)48-28(2)52-30(4)54-48/h5-26H,1-4H3. The fourth-order valence-corrected chi connectivity index (χ4v) is 10.2. The number of rotatable bonds is 5. The van der Waals surface area contributed by atoms with Crippen LogP contribution >= 0.6 is 22.7 Å². The highest BCUT2D eigenvalue weighted by Crippen LogP contribution is 2.50. The summed E-state index contributed by atoms with van der Waals surface area (Å²) in [6.45, 7) is 8.30. The summed E-state index contributed by atoms with van der Waals surface area (Å²) < 4.78 is 0. The zero-order chi connectivity index (χ0) is 36.5. The van der Waals surface area contributed by atoms with Gasteiger partial charge in [-0.2, -0.15) is 0 Å². The van der Waals surface area contributed by atoms with Crippen LogP contribution in [0.15, 0.2) is 134 Å². The first kappa shape index (κ1) is 32.6. The molecule has 258 valence electrons. The Bertz CT molecular complexity index is 2790. The van der Waals surface area contributed by atoms with Crippen molar-refractivity contribution in [2.45, 2.75) is 27.7 Å². The molecule has 0 N–H and O–H groups in total. The highest BCUT2D eigenvalue weighted by molar-refractivity contribution is 7.15. The third-order valence-electron chi connectivity index (χ3n) is 10.5. The van der Waals surface area contributed by atoms with Crippen molar-refractivity contribution in [1.82, 2.24) is 19.9 Å². The predicted molar refractivity (Wildman–Crippen MR) is 230 cm³/mol. The molecule has 0 aliphatic carbocycles. The molecular weight excluding hydrogens is 697 g/mol. The summed E-state index contributed by atoms with van der Waals surface area (Å²) in [5, 5.41) is 11.8. The Balaban J connectivity index is 1.28. The van der Waals surface area contributed by atoms with E-state index in [2.05, 4.69) is 137 Å². The molecular formula is C48H34N4S2. The van der Waals surface area contributed by atoms with Gasteiger partial charge in [0, 0.05) is 47.0 Å². The van der Waals surface area contributed by atoms with Crippen molar-refractivity contribution in [3.63, 3.8) is 0 Å². The van der Waals surface area contributed by atoms with Crippen LogP contribution in [0.25, 0.3) is 97.4 Å². The molecule has 0 radical (unpaired) electrons. The lowest BCUT2D eigenvalue weighted by Crippen LogP contribution is -1.95. The fourth-order valence-electron chi connectivity index (χ4n) is 8.42. The lowest BCUT2D eigenvalue weighted by molar-refractivity contribution is 1.20. The van der Waals surface area contributed by atoms with Crippen molar-refractivity contribution in [2.75, 3.05) is 0 Å². The van der Waals surface area contributed by atoms with Gasteiger partial charge in [-0.25, -0.2) is 9.97 Å². The number of thiazole rings is 2. The first-order chi connectivity index (χ1) is 26.4. The molecule has 0 aliphatic heterocycles. The molecule has 4 nitrogen and oxygen atoms in total. The van der Waals surface area contributed by atoms with Gasteiger partial charge in [0.15, 0.2) is 0 Å². The summed E-state index contributed by atoms with van der Waals surface area (Å²) in [5.74, 6) is 0. The van der Waals surface area contributed by atoms with Crippen LogP contribution in [-0.2, 0) is 0 Å². The Morgan fingerprint density at radius 2 is 0.630 bits per heavy atom. The molecule has 0 atom stereocenters. The normalized spacial score (nSPS) is 11.7. The summed E-state index contributed by atoms with van der Waals surface area (Å²) in [5.41, 5.74) is 11.3. The number of hydrogen-bond acceptors (Lipinski definition) is 6. The first-order valence-electron chi connectivity index (χ1n) is 18.1. The largest absolute Gasteiger partial charge is 0.263 e. The van der Waals surface area contributed by atoms with Gasteiger partial charge in [0.2, 0.25) is 0 Å². The Kier molecular flexibility index (Phi) is 7.72. The second kappa shape index (κ2) is 12.8. The van der Waals surface area contributed by atoms with E-state index >= 15 is 0 Å². The number of nitrogens with zero attached hydrogens (tertiary/aromatic N) is 4. The molecule has 0 spiro atoms. The molecule has 0 unspecified atom stereocenters. The van der Waals surface area contributed by atoms with Crippen LogP contribution in [0.1, 0.15) is 21.4 Å². The summed E-state index contributed by atoms with van der Waals surface area (Å²) in [6.07, 6.45) is 7.95. The zero-order valence-electron chi connectivity index (χ0n) is 30.3. The van der Waals surface area contributed by atoms with E-state index in [-0.39, 0.29) is 0 Å². The Hall–Kier alpha value is -6.08. The highest BCUT2D eigenvalue weighted by Gasteiger charge is 2.23. The van der Waals surface area contributed by atoms with E-state index in [0.29, 0.717) is 0 Å². The third-order valence-corrected chi connectivity index (χ3v) is 12.7. The second-order valence-electron chi connectivity index (χ2n) is 13.9. The van der Waals surface area contributed by atoms with Crippen LogP contribution < -0.4 is 0 Å². The Morgan fingerprint density at radius 3 is 0.907 bits per heavy atom. The lowest BCUT2D eigenvalue weighted by atomic mass is 9.81. The van der Waals surface area contributed by atoms with Gasteiger partial charge in [-0.05, 0) is 105 Å². The van der Waals surface area contributed by atoms with E-state index in [4.69, 9.17) is 19.9 Å². The van der Waals surface area contributed by atoms with Crippen LogP contribution in [0, 0.1) is 27.7 Å². The molecule has 0 aliphatic rings. The van der Waals surface area contributed by atoms with Gasteiger partial charge >= 0.3 is 0 Å². The van der Waals surface area contributed by atoms with E-state index in [1.807, 2.05) is 24.8 Å². The molecule has 54 heavy (non-hydrogen) atoms. The molecule has 6 heteroatoms. The molecule has 0 saturated heterocycles. The van der Waals surface area contributed by atoms with Crippen molar-refractivity contribution >= 4 is 65.8 Å². The summed E-state index contributed by atoms with van der Waals surface area (Å²) >= 11 is 3.45.